The molecule has 3 rings (SSSR count). The van der Waals surface area contributed by atoms with Crippen molar-refractivity contribution in [2.75, 3.05) is 26.7 Å². The van der Waals surface area contributed by atoms with E-state index in [0.29, 0.717) is 6.04 Å². The molecule has 96 valence electrons. The summed E-state index contributed by atoms with van der Waals surface area (Å²) in [5.41, 5.74) is 2.70. The lowest BCUT2D eigenvalue weighted by Gasteiger charge is -2.30. The largest absolute Gasteiger partial charge is 0.350 e. The molecular weight excluding hydrogens is 290 g/mol. The number of aryl methyl sites for hydroxylation is 1. The lowest BCUT2D eigenvalue weighted by atomic mass is 10.0. The fourth-order valence-corrected chi connectivity index (χ4v) is 3.12. The predicted octanol–water partition coefficient (Wildman–Crippen LogP) is 2.52. The Hall–Kier alpha value is -0.840. The van der Waals surface area contributed by atoms with E-state index in [0.717, 1.165) is 24.1 Å². The lowest BCUT2D eigenvalue weighted by molar-refractivity contribution is 0.241. The first-order chi connectivity index (χ1) is 8.65. The molecule has 1 N–H and O–H groups in total. The predicted molar refractivity (Wildman–Crippen MR) is 78.9 cm³/mol. The van der Waals surface area contributed by atoms with Crippen LogP contribution >= 0.6 is 15.9 Å². The summed E-state index contributed by atoms with van der Waals surface area (Å²) in [6, 6.07) is 6.96. The van der Waals surface area contributed by atoms with Gasteiger partial charge in [0.1, 0.15) is 0 Å². The molecule has 1 atom stereocenters. The summed E-state index contributed by atoms with van der Waals surface area (Å²) in [4.78, 5) is 2.39. The highest BCUT2D eigenvalue weighted by atomic mass is 79.9. The van der Waals surface area contributed by atoms with Crippen molar-refractivity contribution in [2.24, 2.45) is 7.05 Å². The number of hydrogen-bond acceptors (Lipinski definition) is 2. The highest BCUT2D eigenvalue weighted by Gasteiger charge is 2.21. The maximum atomic E-state index is 3.62. The van der Waals surface area contributed by atoms with Crippen LogP contribution < -0.4 is 5.32 Å². The average molecular weight is 308 g/mol. The Labute approximate surface area is 116 Å². The van der Waals surface area contributed by atoms with Crippen LogP contribution in [-0.2, 0) is 7.05 Å². The first-order valence-electron chi connectivity index (χ1n) is 6.31. The summed E-state index contributed by atoms with van der Waals surface area (Å²) in [6.45, 7) is 3.27. The monoisotopic (exact) mass is 307 g/mol. The van der Waals surface area contributed by atoms with E-state index >= 15 is 0 Å². The number of piperazine rings is 1. The van der Waals surface area contributed by atoms with Crippen molar-refractivity contribution in [3.63, 3.8) is 0 Å². The van der Waals surface area contributed by atoms with E-state index in [-0.39, 0.29) is 0 Å². The molecule has 1 aromatic heterocycles. The fourth-order valence-electron chi connectivity index (χ4n) is 2.77. The molecule has 1 fully saturated rings. The molecule has 1 aliphatic heterocycles. The molecule has 0 spiro atoms. The Morgan fingerprint density at radius 2 is 2.17 bits per heavy atom. The zero-order valence-corrected chi connectivity index (χ0v) is 12.4. The third-order valence-electron chi connectivity index (χ3n) is 3.74. The van der Waals surface area contributed by atoms with Crippen LogP contribution in [0.2, 0.25) is 0 Å². The van der Waals surface area contributed by atoms with Crippen molar-refractivity contribution >= 4 is 26.8 Å². The van der Waals surface area contributed by atoms with Crippen LogP contribution in [0.25, 0.3) is 10.9 Å². The minimum absolute atomic E-state index is 0.439. The maximum Gasteiger partial charge on any atom is 0.0492 e. The zero-order chi connectivity index (χ0) is 12.7. The van der Waals surface area contributed by atoms with E-state index < -0.39 is 0 Å². The molecule has 2 heterocycles. The first kappa shape index (κ1) is 12.2. The van der Waals surface area contributed by atoms with Crippen molar-refractivity contribution in [2.45, 2.75) is 6.04 Å². The van der Waals surface area contributed by atoms with Crippen molar-refractivity contribution in [1.29, 1.82) is 0 Å². The van der Waals surface area contributed by atoms with Gasteiger partial charge in [-0.1, -0.05) is 22.0 Å². The molecular formula is C14H18BrN3. The van der Waals surface area contributed by atoms with Crippen LogP contribution in [-0.4, -0.2) is 36.1 Å². The standard InChI is InChI=1S/C14H18BrN3/c1-17-6-5-16-13(9-17)12-8-18(2)14-7-10(15)3-4-11(12)14/h3-4,7-8,13,16H,5-6,9H2,1-2H3. The van der Waals surface area contributed by atoms with Crippen molar-refractivity contribution in [3.8, 4) is 0 Å². The second-order valence-electron chi connectivity index (χ2n) is 5.13. The molecule has 1 aliphatic rings. The summed E-state index contributed by atoms with van der Waals surface area (Å²) in [6.07, 6.45) is 2.26. The number of rotatable bonds is 1. The maximum absolute atomic E-state index is 3.62. The minimum Gasteiger partial charge on any atom is -0.350 e. The molecule has 0 saturated carbocycles. The molecule has 0 amide bonds. The summed E-state index contributed by atoms with van der Waals surface area (Å²) in [5, 5.41) is 4.97. The second-order valence-corrected chi connectivity index (χ2v) is 6.04. The smallest absolute Gasteiger partial charge is 0.0492 e. The Balaban J connectivity index is 2.06. The van der Waals surface area contributed by atoms with Crippen LogP contribution in [0.1, 0.15) is 11.6 Å². The number of benzene rings is 1. The number of aromatic nitrogens is 1. The van der Waals surface area contributed by atoms with E-state index in [1.165, 1.54) is 16.5 Å². The SMILES string of the molecule is CN1CCNC(c2cn(C)c3cc(Br)ccc23)C1. The molecule has 3 nitrogen and oxygen atoms in total. The number of halogens is 1. The van der Waals surface area contributed by atoms with Gasteiger partial charge >= 0.3 is 0 Å². The van der Waals surface area contributed by atoms with Gasteiger partial charge in [0, 0.05) is 54.3 Å². The van der Waals surface area contributed by atoms with E-state index in [4.69, 9.17) is 0 Å². The van der Waals surface area contributed by atoms with Crippen molar-refractivity contribution < 1.29 is 0 Å². The minimum atomic E-state index is 0.439. The van der Waals surface area contributed by atoms with Gasteiger partial charge in [-0.05, 0) is 24.7 Å². The number of fused-ring (bicyclic) bond motifs is 1. The molecule has 18 heavy (non-hydrogen) atoms. The first-order valence-corrected chi connectivity index (χ1v) is 7.11. The molecule has 2 aromatic rings. The number of nitrogens with one attached hydrogen (secondary N) is 1. The van der Waals surface area contributed by atoms with E-state index in [9.17, 15) is 0 Å². The summed E-state index contributed by atoms with van der Waals surface area (Å²) < 4.78 is 3.35. The van der Waals surface area contributed by atoms with Gasteiger partial charge < -0.3 is 14.8 Å². The Morgan fingerprint density at radius 1 is 1.33 bits per heavy atom. The average Bonchev–Trinajstić information content (AvgIpc) is 2.67. The number of nitrogens with zero attached hydrogens (tertiary/aromatic N) is 2. The van der Waals surface area contributed by atoms with Crippen molar-refractivity contribution in [3.05, 3.63) is 34.4 Å². The fraction of sp³-hybridized carbons (Fsp3) is 0.429. The second kappa shape index (κ2) is 4.68. The summed E-state index contributed by atoms with van der Waals surface area (Å²) in [7, 11) is 4.31. The van der Waals surface area contributed by atoms with Crippen LogP contribution in [0.4, 0.5) is 0 Å². The molecule has 1 unspecified atom stereocenters. The van der Waals surface area contributed by atoms with E-state index in [2.05, 4.69) is 69.2 Å². The quantitative estimate of drug-likeness (QED) is 0.873. The number of likely N-dealkylation sites (N-methyl/N-ethyl adjacent to an activating group) is 1. The normalized spacial score (nSPS) is 21.6. The highest BCUT2D eigenvalue weighted by Crippen LogP contribution is 2.29. The van der Waals surface area contributed by atoms with Gasteiger partial charge in [0.25, 0.3) is 0 Å². The summed E-state index contributed by atoms with van der Waals surface area (Å²) >= 11 is 3.54. The van der Waals surface area contributed by atoms with Gasteiger partial charge in [-0.2, -0.15) is 0 Å². The van der Waals surface area contributed by atoms with Gasteiger partial charge in [0.2, 0.25) is 0 Å². The molecule has 0 bridgehead atoms. The van der Waals surface area contributed by atoms with Crippen LogP contribution in [0, 0.1) is 0 Å². The van der Waals surface area contributed by atoms with Crippen LogP contribution in [0.15, 0.2) is 28.9 Å². The lowest BCUT2D eigenvalue weighted by Crippen LogP contribution is -2.43. The van der Waals surface area contributed by atoms with Gasteiger partial charge in [-0.25, -0.2) is 0 Å². The summed E-state index contributed by atoms with van der Waals surface area (Å²) in [5.74, 6) is 0. The molecule has 0 aliphatic carbocycles. The Bertz CT molecular complexity index is 576. The topological polar surface area (TPSA) is 20.2 Å². The van der Waals surface area contributed by atoms with Crippen LogP contribution in [0.5, 0.6) is 0 Å². The van der Waals surface area contributed by atoms with Gasteiger partial charge in [0.05, 0.1) is 0 Å². The van der Waals surface area contributed by atoms with Crippen LogP contribution in [0.3, 0.4) is 0 Å². The zero-order valence-electron chi connectivity index (χ0n) is 10.8. The Morgan fingerprint density at radius 3 is 2.94 bits per heavy atom. The van der Waals surface area contributed by atoms with Gasteiger partial charge in [-0.15, -0.1) is 0 Å². The van der Waals surface area contributed by atoms with Gasteiger partial charge in [0.15, 0.2) is 0 Å². The molecule has 1 aromatic carbocycles. The van der Waals surface area contributed by atoms with Crippen molar-refractivity contribution in [1.82, 2.24) is 14.8 Å². The van der Waals surface area contributed by atoms with Gasteiger partial charge in [-0.3, -0.25) is 0 Å². The third kappa shape index (κ3) is 2.09. The van der Waals surface area contributed by atoms with E-state index in [1.54, 1.807) is 0 Å². The Kier molecular flexibility index (Phi) is 3.18. The highest BCUT2D eigenvalue weighted by molar-refractivity contribution is 9.10. The van der Waals surface area contributed by atoms with E-state index in [1.807, 2.05) is 0 Å². The molecule has 0 radical (unpaired) electrons. The number of hydrogen-bond donors (Lipinski definition) is 1. The molecule has 4 heteroatoms. The molecule has 1 saturated heterocycles. The third-order valence-corrected chi connectivity index (χ3v) is 4.23.